The summed E-state index contributed by atoms with van der Waals surface area (Å²) in [5.41, 5.74) is 2.14. The van der Waals surface area contributed by atoms with Crippen LogP contribution in [0.15, 0.2) is 35.5 Å². The second-order valence-electron chi connectivity index (χ2n) is 3.12. The van der Waals surface area contributed by atoms with Crippen LogP contribution in [0, 0.1) is 0 Å². The Hall–Kier alpha value is -0.960. The van der Waals surface area contributed by atoms with Crippen molar-refractivity contribution in [2.45, 2.75) is 19.1 Å². The Morgan fingerprint density at radius 1 is 1.36 bits per heavy atom. The van der Waals surface area contributed by atoms with Gasteiger partial charge in [0.05, 0.1) is 5.71 Å². The van der Waals surface area contributed by atoms with Crippen LogP contribution in [-0.2, 0) is 5.75 Å². The van der Waals surface area contributed by atoms with Crippen molar-refractivity contribution in [1.29, 1.82) is 0 Å². The first-order chi connectivity index (χ1) is 6.83. The molecule has 0 unspecified atom stereocenters. The predicted octanol–water partition coefficient (Wildman–Crippen LogP) is 3.16. The molecular formula is C11H15NOS. The van der Waals surface area contributed by atoms with Gasteiger partial charge in [-0.15, -0.1) is 0 Å². The average Bonchev–Trinajstić information content (AvgIpc) is 2.25. The maximum absolute atomic E-state index is 8.43. The number of thioether (sulfide) groups is 1. The van der Waals surface area contributed by atoms with Crippen LogP contribution in [0.4, 0.5) is 0 Å². The van der Waals surface area contributed by atoms with E-state index in [0.717, 1.165) is 23.6 Å². The molecule has 0 aliphatic heterocycles. The van der Waals surface area contributed by atoms with Crippen molar-refractivity contribution in [3.8, 4) is 0 Å². The highest BCUT2D eigenvalue weighted by molar-refractivity contribution is 7.98. The SMILES string of the molecule is CC(CCSCc1ccccc1)=NO. The lowest BCUT2D eigenvalue weighted by molar-refractivity contribution is 0.317. The summed E-state index contributed by atoms with van der Waals surface area (Å²) in [6, 6.07) is 10.4. The van der Waals surface area contributed by atoms with E-state index in [1.54, 1.807) is 0 Å². The van der Waals surface area contributed by atoms with Gasteiger partial charge in [-0.2, -0.15) is 11.8 Å². The van der Waals surface area contributed by atoms with Gasteiger partial charge in [-0.1, -0.05) is 35.5 Å². The first-order valence-electron chi connectivity index (χ1n) is 4.62. The average molecular weight is 209 g/mol. The smallest absolute Gasteiger partial charge is 0.0548 e. The molecule has 14 heavy (non-hydrogen) atoms. The molecule has 0 spiro atoms. The lowest BCUT2D eigenvalue weighted by Gasteiger charge is -2.00. The number of benzene rings is 1. The van der Waals surface area contributed by atoms with E-state index >= 15 is 0 Å². The summed E-state index contributed by atoms with van der Waals surface area (Å²) in [6.07, 6.45) is 0.855. The van der Waals surface area contributed by atoms with Crippen LogP contribution in [0.2, 0.25) is 0 Å². The van der Waals surface area contributed by atoms with E-state index < -0.39 is 0 Å². The highest BCUT2D eigenvalue weighted by atomic mass is 32.2. The quantitative estimate of drug-likeness (QED) is 0.350. The van der Waals surface area contributed by atoms with E-state index in [1.807, 2.05) is 24.8 Å². The maximum atomic E-state index is 8.43. The molecule has 2 nitrogen and oxygen atoms in total. The molecule has 0 radical (unpaired) electrons. The number of hydrogen-bond donors (Lipinski definition) is 1. The summed E-state index contributed by atoms with van der Waals surface area (Å²) in [6.45, 7) is 1.84. The van der Waals surface area contributed by atoms with Gasteiger partial charge < -0.3 is 5.21 Å². The molecule has 0 amide bonds. The zero-order valence-electron chi connectivity index (χ0n) is 8.31. The molecule has 0 fully saturated rings. The molecule has 0 atom stereocenters. The largest absolute Gasteiger partial charge is 0.411 e. The molecule has 0 aliphatic carbocycles. The zero-order chi connectivity index (χ0) is 10.2. The van der Waals surface area contributed by atoms with Crippen molar-refractivity contribution in [2.75, 3.05) is 5.75 Å². The fourth-order valence-corrected chi connectivity index (χ4v) is 2.05. The van der Waals surface area contributed by atoms with Crippen molar-refractivity contribution in [3.63, 3.8) is 0 Å². The standard InChI is InChI=1S/C11H15NOS/c1-10(12-13)7-8-14-9-11-5-3-2-4-6-11/h2-6,13H,7-9H2,1H3. The summed E-state index contributed by atoms with van der Waals surface area (Å²) in [5, 5.41) is 11.6. The van der Waals surface area contributed by atoms with Crippen molar-refractivity contribution in [2.24, 2.45) is 5.16 Å². The third kappa shape index (κ3) is 4.33. The van der Waals surface area contributed by atoms with E-state index in [2.05, 4.69) is 29.4 Å². The molecule has 76 valence electrons. The van der Waals surface area contributed by atoms with Gasteiger partial charge in [0.2, 0.25) is 0 Å². The topological polar surface area (TPSA) is 32.6 Å². The monoisotopic (exact) mass is 209 g/mol. The molecule has 3 heteroatoms. The van der Waals surface area contributed by atoms with Crippen LogP contribution >= 0.6 is 11.8 Å². The van der Waals surface area contributed by atoms with Crippen LogP contribution in [0.1, 0.15) is 18.9 Å². The highest BCUT2D eigenvalue weighted by Gasteiger charge is 1.94. The maximum Gasteiger partial charge on any atom is 0.0548 e. The Balaban J connectivity index is 2.17. The van der Waals surface area contributed by atoms with Gasteiger partial charge >= 0.3 is 0 Å². The van der Waals surface area contributed by atoms with Gasteiger partial charge in [0.15, 0.2) is 0 Å². The van der Waals surface area contributed by atoms with Crippen LogP contribution < -0.4 is 0 Å². The van der Waals surface area contributed by atoms with Gasteiger partial charge in [-0.3, -0.25) is 0 Å². The Kier molecular flexibility index (Phi) is 5.15. The summed E-state index contributed by atoms with van der Waals surface area (Å²) in [7, 11) is 0. The van der Waals surface area contributed by atoms with Crippen molar-refractivity contribution in [1.82, 2.24) is 0 Å². The third-order valence-corrected chi connectivity index (χ3v) is 2.92. The lowest BCUT2D eigenvalue weighted by atomic mass is 10.2. The highest BCUT2D eigenvalue weighted by Crippen LogP contribution is 2.12. The van der Waals surface area contributed by atoms with Crippen LogP contribution in [0.25, 0.3) is 0 Å². The molecule has 0 bridgehead atoms. The first-order valence-corrected chi connectivity index (χ1v) is 5.77. The second-order valence-corrected chi connectivity index (χ2v) is 4.23. The Morgan fingerprint density at radius 2 is 2.07 bits per heavy atom. The summed E-state index contributed by atoms with van der Waals surface area (Å²) in [4.78, 5) is 0. The lowest BCUT2D eigenvalue weighted by Crippen LogP contribution is -1.93. The van der Waals surface area contributed by atoms with E-state index in [1.165, 1.54) is 5.56 Å². The minimum absolute atomic E-state index is 0.797. The van der Waals surface area contributed by atoms with Gasteiger partial charge in [0, 0.05) is 5.75 Å². The zero-order valence-corrected chi connectivity index (χ0v) is 9.13. The number of rotatable bonds is 5. The van der Waals surface area contributed by atoms with Crippen LogP contribution in [0.5, 0.6) is 0 Å². The molecule has 0 aliphatic rings. The van der Waals surface area contributed by atoms with Crippen molar-refractivity contribution >= 4 is 17.5 Å². The van der Waals surface area contributed by atoms with Gasteiger partial charge in [0.1, 0.15) is 0 Å². The number of nitrogens with zero attached hydrogens (tertiary/aromatic N) is 1. The van der Waals surface area contributed by atoms with E-state index in [4.69, 9.17) is 5.21 Å². The van der Waals surface area contributed by atoms with E-state index in [9.17, 15) is 0 Å². The summed E-state index contributed by atoms with van der Waals surface area (Å²) in [5.74, 6) is 2.03. The fraction of sp³-hybridized carbons (Fsp3) is 0.364. The van der Waals surface area contributed by atoms with E-state index in [0.29, 0.717) is 0 Å². The Bertz CT molecular complexity index is 285. The van der Waals surface area contributed by atoms with Crippen LogP contribution in [0.3, 0.4) is 0 Å². The van der Waals surface area contributed by atoms with Gasteiger partial charge in [-0.05, 0) is 24.7 Å². The van der Waals surface area contributed by atoms with Gasteiger partial charge in [0.25, 0.3) is 0 Å². The normalized spacial score (nSPS) is 11.6. The molecule has 1 N–H and O–H groups in total. The van der Waals surface area contributed by atoms with Crippen molar-refractivity contribution in [3.05, 3.63) is 35.9 Å². The number of hydrogen-bond acceptors (Lipinski definition) is 3. The molecule has 1 rings (SSSR count). The molecule has 1 aromatic rings. The molecule has 0 saturated carbocycles. The molecule has 0 aromatic heterocycles. The summed E-state index contributed by atoms with van der Waals surface area (Å²) >= 11 is 1.86. The minimum Gasteiger partial charge on any atom is -0.411 e. The molecular weight excluding hydrogens is 194 g/mol. The predicted molar refractivity (Wildman–Crippen MR) is 62.1 cm³/mol. The van der Waals surface area contributed by atoms with Crippen molar-refractivity contribution < 1.29 is 5.21 Å². The molecule has 0 saturated heterocycles. The Morgan fingerprint density at radius 3 is 2.71 bits per heavy atom. The second kappa shape index (κ2) is 6.49. The molecule has 0 heterocycles. The van der Waals surface area contributed by atoms with E-state index in [-0.39, 0.29) is 0 Å². The molecule has 1 aromatic carbocycles. The first kappa shape index (κ1) is 11.1. The summed E-state index contributed by atoms with van der Waals surface area (Å²) < 4.78 is 0. The minimum atomic E-state index is 0.797. The Labute approximate surface area is 89.0 Å². The van der Waals surface area contributed by atoms with Gasteiger partial charge in [-0.25, -0.2) is 0 Å². The third-order valence-electron chi connectivity index (χ3n) is 1.89. The van der Waals surface area contributed by atoms with Crippen LogP contribution in [-0.4, -0.2) is 16.7 Å². The number of oxime groups is 1. The fourth-order valence-electron chi connectivity index (χ4n) is 1.03.